The van der Waals surface area contributed by atoms with Crippen LogP contribution >= 0.6 is 12.4 Å². The van der Waals surface area contributed by atoms with Crippen LogP contribution in [0.15, 0.2) is 0 Å². The smallest absolute Gasteiger partial charge is 0.320 e. The second kappa shape index (κ2) is 3.38. The zero-order chi connectivity index (χ0) is 7.78. The molecule has 0 aromatic rings. The Bertz CT molecular complexity index is 160. The van der Waals surface area contributed by atoms with Gasteiger partial charge in [0.15, 0.2) is 0 Å². The van der Waals surface area contributed by atoms with Crippen molar-refractivity contribution in [2.75, 3.05) is 6.54 Å². The van der Waals surface area contributed by atoms with E-state index < -0.39 is 17.6 Å². The van der Waals surface area contributed by atoms with E-state index in [1.165, 1.54) is 0 Å². The number of carbonyl (C=O) groups is 1. The number of carboxylic acids is 1. The number of aliphatic hydroxyl groups is 1. The van der Waals surface area contributed by atoms with Gasteiger partial charge in [-0.15, -0.1) is 12.4 Å². The Hall–Kier alpha value is -0.320. The molecule has 0 radical (unpaired) electrons. The van der Waals surface area contributed by atoms with Gasteiger partial charge in [0.1, 0.15) is 6.04 Å². The molecule has 1 fully saturated rings. The first kappa shape index (κ1) is 10.7. The molecule has 66 valence electrons. The number of aliphatic carboxylic acids is 1. The predicted molar refractivity (Wildman–Crippen MR) is 41.9 cm³/mol. The van der Waals surface area contributed by atoms with Gasteiger partial charge in [-0.05, 0) is 6.92 Å². The van der Waals surface area contributed by atoms with E-state index in [4.69, 9.17) is 5.11 Å². The molecular formula is C6H12ClNO3. The summed E-state index contributed by atoms with van der Waals surface area (Å²) in [5.74, 6) is -0.891. The molecule has 1 rings (SSSR count). The largest absolute Gasteiger partial charge is 0.480 e. The molecule has 4 nitrogen and oxygen atoms in total. The van der Waals surface area contributed by atoms with Crippen molar-refractivity contribution in [2.24, 2.45) is 0 Å². The summed E-state index contributed by atoms with van der Waals surface area (Å²) in [5.41, 5.74) is -0.844. The molecule has 0 spiro atoms. The maximum atomic E-state index is 10.3. The molecule has 2 atom stereocenters. The second-order valence-electron chi connectivity index (χ2n) is 2.97. The molecule has 11 heavy (non-hydrogen) atoms. The number of hydrogen-bond acceptors (Lipinski definition) is 3. The van der Waals surface area contributed by atoms with Crippen molar-refractivity contribution >= 4 is 18.4 Å². The van der Waals surface area contributed by atoms with Crippen LogP contribution in [0.5, 0.6) is 0 Å². The highest BCUT2D eigenvalue weighted by Crippen LogP contribution is 2.17. The molecule has 1 heterocycles. The Morgan fingerprint density at radius 1 is 1.73 bits per heavy atom. The van der Waals surface area contributed by atoms with Gasteiger partial charge in [-0.25, -0.2) is 0 Å². The Kier molecular flexibility index (Phi) is 3.29. The Balaban J connectivity index is 0.000001000. The topological polar surface area (TPSA) is 69.6 Å². The maximum absolute atomic E-state index is 10.3. The third kappa shape index (κ3) is 2.65. The highest BCUT2D eigenvalue weighted by molar-refractivity contribution is 5.85. The Morgan fingerprint density at radius 2 is 2.27 bits per heavy atom. The van der Waals surface area contributed by atoms with Crippen molar-refractivity contribution < 1.29 is 15.0 Å². The molecule has 0 bridgehead atoms. The van der Waals surface area contributed by atoms with Crippen molar-refractivity contribution in [3.05, 3.63) is 0 Å². The van der Waals surface area contributed by atoms with Crippen molar-refractivity contribution in [1.82, 2.24) is 5.32 Å². The molecule has 0 amide bonds. The summed E-state index contributed by atoms with van der Waals surface area (Å²) in [7, 11) is 0. The molecule has 1 saturated heterocycles. The fourth-order valence-electron chi connectivity index (χ4n) is 1.10. The summed E-state index contributed by atoms with van der Waals surface area (Å²) in [6.07, 6.45) is 0.294. The van der Waals surface area contributed by atoms with Gasteiger partial charge in [-0.1, -0.05) is 0 Å². The minimum atomic E-state index is -0.891. The Morgan fingerprint density at radius 3 is 2.45 bits per heavy atom. The van der Waals surface area contributed by atoms with Gasteiger partial charge in [0.25, 0.3) is 0 Å². The van der Waals surface area contributed by atoms with Gasteiger partial charge in [0.05, 0.1) is 5.60 Å². The third-order valence-corrected chi connectivity index (χ3v) is 1.67. The fraction of sp³-hybridized carbons (Fsp3) is 0.833. The highest BCUT2D eigenvalue weighted by atomic mass is 35.5. The van der Waals surface area contributed by atoms with Crippen molar-refractivity contribution in [2.45, 2.75) is 25.0 Å². The van der Waals surface area contributed by atoms with Gasteiger partial charge in [-0.3, -0.25) is 4.79 Å². The highest BCUT2D eigenvalue weighted by Gasteiger charge is 2.36. The van der Waals surface area contributed by atoms with Crippen LogP contribution in [0.4, 0.5) is 0 Å². The molecule has 0 aliphatic carbocycles. The van der Waals surface area contributed by atoms with E-state index in [2.05, 4.69) is 5.32 Å². The van der Waals surface area contributed by atoms with Crippen LogP contribution in [-0.4, -0.2) is 34.4 Å². The lowest BCUT2D eigenvalue weighted by Gasteiger charge is -2.12. The quantitative estimate of drug-likeness (QED) is 0.515. The van der Waals surface area contributed by atoms with Gasteiger partial charge < -0.3 is 15.5 Å². The van der Waals surface area contributed by atoms with E-state index in [9.17, 15) is 9.90 Å². The van der Waals surface area contributed by atoms with Crippen LogP contribution < -0.4 is 5.32 Å². The average Bonchev–Trinajstić information content (AvgIpc) is 2.10. The van der Waals surface area contributed by atoms with Crippen molar-refractivity contribution in [3.8, 4) is 0 Å². The van der Waals surface area contributed by atoms with E-state index in [1.807, 2.05) is 0 Å². The van der Waals surface area contributed by atoms with Crippen LogP contribution in [0.3, 0.4) is 0 Å². The lowest BCUT2D eigenvalue weighted by atomic mass is 10.0. The van der Waals surface area contributed by atoms with Crippen LogP contribution in [0, 0.1) is 0 Å². The number of rotatable bonds is 1. The first-order valence-corrected chi connectivity index (χ1v) is 3.20. The van der Waals surface area contributed by atoms with E-state index in [-0.39, 0.29) is 12.4 Å². The summed E-state index contributed by atoms with van der Waals surface area (Å²) in [5, 5.41) is 20.5. The summed E-state index contributed by atoms with van der Waals surface area (Å²) in [6.45, 7) is 1.99. The standard InChI is InChI=1S/C6H11NO3.ClH/c1-6(10)2-4(5(8)9)7-3-6;/h4,7,10H,2-3H2,1H3,(H,8,9);1H. The zero-order valence-electron chi connectivity index (χ0n) is 6.20. The van der Waals surface area contributed by atoms with Gasteiger partial charge >= 0.3 is 5.97 Å². The first-order valence-electron chi connectivity index (χ1n) is 3.20. The average molecular weight is 182 g/mol. The third-order valence-electron chi connectivity index (χ3n) is 1.67. The van der Waals surface area contributed by atoms with Crippen molar-refractivity contribution in [3.63, 3.8) is 0 Å². The predicted octanol–water partition coefficient (Wildman–Crippen LogP) is -0.394. The van der Waals surface area contributed by atoms with E-state index in [1.54, 1.807) is 6.92 Å². The SMILES string of the molecule is CC1(O)CNC(C(=O)O)C1.Cl. The van der Waals surface area contributed by atoms with E-state index in [0.717, 1.165) is 0 Å². The van der Waals surface area contributed by atoms with Crippen molar-refractivity contribution in [1.29, 1.82) is 0 Å². The molecular weight excluding hydrogens is 170 g/mol. The number of carboxylic acid groups (broad SMARTS) is 1. The summed E-state index contributed by atoms with van der Waals surface area (Å²) in [6, 6.07) is -0.574. The van der Waals surface area contributed by atoms with Crippen LogP contribution in [0.1, 0.15) is 13.3 Å². The molecule has 2 unspecified atom stereocenters. The number of hydrogen-bond donors (Lipinski definition) is 3. The monoisotopic (exact) mass is 181 g/mol. The van der Waals surface area contributed by atoms with E-state index in [0.29, 0.717) is 13.0 Å². The fourth-order valence-corrected chi connectivity index (χ4v) is 1.10. The minimum Gasteiger partial charge on any atom is -0.480 e. The van der Waals surface area contributed by atoms with Crippen LogP contribution in [0.2, 0.25) is 0 Å². The number of nitrogens with one attached hydrogen (secondary N) is 1. The first-order chi connectivity index (χ1) is 4.51. The normalized spacial score (nSPS) is 36.4. The molecule has 5 heteroatoms. The van der Waals surface area contributed by atoms with Gasteiger partial charge in [0, 0.05) is 13.0 Å². The molecule has 1 aliphatic rings. The minimum absolute atomic E-state index is 0. The van der Waals surface area contributed by atoms with E-state index >= 15 is 0 Å². The Labute approximate surface area is 71.0 Å². The number of halogens is 1. The van der Waals surface area contributed by atoms with Gasteiger partial charge in [0.2, 0.25) is 0 Å². The number of β-amino-alcohol motifs (C(OH)–C–C–N with tert-alkyl or cyclic N) is 1. The molecule has 0 aromatic carbocycles. The summed E-state index contributed by atoms with van der Waals surface area (Å²) in [4.78, 5) is 10.3. The lowest BCUT2D eigenvalue weighted by Crippen LogP contribution is -2.30. The maximum Gasteiger partial charge on any atom is 0.320 e. The molecule has 3 N–H and O–H groups in total. The second-order valence-corrected chi connectivity index (χ2v) is 2.97. The summed E-state index contributed by atoms with van der Waals surface area (Å²) >= 11 is 0. The van der Waals surface area contributed by atoms with Crippen LogP contribution in [0.25, 0.3) is 0 Å². The molecule has 1 aliphatic heterocycles. The van der Waals surface area contributed by atoms with Crippen LogP contribution in [-0.2, 0) is 4.79 Å². The molecule has 0 aromatic heterocycles. The zero-order valence-corrected chi connectivity index (χ0v) is 7.02. The molecule has 0 saturated carbocycles. The lowest BCUT2D eigenvalue weighted by molar-refractivity contribution is -0.139. The van der Waals surface area contributed by atoms with Gasteiger partial charge in [-0.2, -0.15) is 0 Å². The summed E-state index contributed by atoms with van der Waals surface area (Å²) < 4.78 is 0.